The van der Waals surface area contributed by atoms with Crippen LogP contribution in [0.4, 0.5) is 5.69 Å². The van der Waals surface area contributed by atoms with E-state index in [0.29, 0.717) is 12.1 Å². The van der Waals surface area contributed by atoms with Crippen molar-refractivity contribution >= 4 is 28.5 Å². The van der Waals surface area contributed by atoms with E-state index < -0.39 is 5.97 Å². The van der Waals surface area contributed by atoms with Crippen LogP contribution in [0.2, 0.25) is 0 Å². The highest BCUT2D eigenvalue weighted by Crippen LogP contribution is 2.23. The number of methoxy groups -OCH3 is 1. The fourth-order valence-corrected chi connectivity index (χ4v) is 3.11. The summed E-state index contributed by atoms with van der Waals surface area (Å²) in [5.74, 6) is -0.420. The maximum atomic E-state index is 13.0. The Kier molecular flexibility index (Phi) is 5.37. The van der Waals surface area contributed by atoms with Gasteiger partial charge in [-0.25, -0.2) is 4.79 Å². The summed E-state index contributed by atoms with van der Waals surface area (Å²) in [6.07, 6.45) is 2.56. The van der Waals surface area contributed by atoms with Crippen LogP contribution in [0.1, 0.15) is 23.7 Å². The molecule has 0 spiro atoms. The number of aromatic nitrogens is 1. The van der Waals surface area contributed by atoms with Crippen LogP contribution in [0, 0.1) is 0 Å². The zero-order valence-electron chi connectivity index (χ0n) is 15.0. The number of hydrogen-bond donors (Lipinski definition) is 0. The quantitative estimate of drug-likeness (QED) is 0.634. The molecular weight excluding hydrogens is 328 g/mol. The Morgan fingerprint density at radius 3 is 2.42 bits per heavy atom. The molecule has 0 aliphatic rings. The Bertz CT molecular complexity index is 915. The number of rotatable bonds is 6. The van der Waals surface area contributed by atoms with E-state index in [9.17, 15) is 9.59 Å². The van der Waals surface area contributed by atoms with Crippen molar-refractivity contribution in [2.24, 2.45) is 0 Å². The molecule has 0 saturated carbocycles. The number of esters is 1. The maximum Gasteiger partial charge on any atom is 0.340 e. The highest BCUT2D eigenvalue weighted by Gasteiger charge is 2.19. The van der Waals surface area contributed by atoms with Crippen LogP contribution in [-0.4, -0.2) is 30.1 Å². The molecule has 1 heterocycles. The third kappa shape index (κ3) is 3.47. The second-order valence-corrected chi connectivity index (χ2v) is 6.06. The summed E-state index contributed by atoms with van der Waals surface area (Å²) in [5, 5.41) is 0.786. The summed E-state index contributed by atoms with van der Waals surface area (Å²) in [5.41, 5.74) is 2.19. The predicted octanol–water partition coefficient (Wildman–Crippen LogP) is 3.87. The van der Waals surface area contributed by atoms with Crippen molar-refractivity contribution in [1.82, 2.24) is 4.57 Å². The van der Waals surface area contributed by atoms with Crippen molar-refractivity contribution in [3.05, 3.63) is 66.4 Å². The number of ether oxygens (including phenoxy) is 1. The smallest absolute Gasteiger partial charge is 0.340 e. The fourth-order valence-electron chi connectivity index (χ4n) is 3.11. The second kappa shape index (κ2) is 7.87. The van der Waals surface area contributed by atoms with Crippen LogP contribution < -0.4 is 4.90 Å². The second-order valence-electron chi connectivity index (χ2n) is 6.06. The van der Waals surface area contributed by atoms with E-state index in [1.54, 1.807) is 11.1 Å². The minimum atomic E-state index is -0.402. The Balaban J connectivity index is 1.94. The van der Waals surface area contributed by atoms with Crippen LogP contribution in [0.25, 0.3) is 10.9 Å². The molecule has 1 amide bonds. The van der Waals surface area contributed by atoms with Gasteiger partial charge in [-0.15, -0.1) is 0 Å². The van der Waals surface area contributed by atoms with Crippen molar-refractivity contribution in [2.75, 3.05) is 18.6 Å². The largest absolute Gasteiger partial charge is 0.465 e. The van der Waals surface area contributed by atoms with Crippen LogP contribution in [0.15, 0.2) is 60.8 Å². The SMILES string of the molecule is CCCN(C(=O)Cn1cc(C(=O)OC)c2ccccc21)c1ccccc1. The van der Waals surface area contributed by atoms with Gasteiger partial charge in [-0.05, 0) is 24.6 Å². The zero-order valence-corrected chi connectivity index (χ0v) is 15.0. The number of amides is 1. The van der Waals surface area contributed by atoms with E-state index in [1.165, 1.54) is 7.11 Å². The van der Waals surface area contributed by atoms with E-state index in [1.807, 2.05) is 66.1 Å². The van der Waals surface area contributed by atoms with E-state index in [-0.39, 0.29) is 12.5 Å². The summed E-state index contributed by atoms with van der Waals surface area (Å²) >= 11 is 0. The molecule has 5 nitrogen and oxygen atoms in total. The molecule has 0 unspecified atom stereocenters. The summed E-state index contributed by atoms with van der Waals surface area (Å²) < 4.78 is 6.69. The van der Waals surface area contributed by atoms with Gasteiger partial charge in [-0.1, -0.05) is 43.3 Å². The summed E-state index contributed by atoms with van der Waals surface area (Å²) in [6.45, 7) is 2.85. The number of hydrogen-bond acceptors (Lipinski definition) is 3. The van der Waals surface area contributed by atoms with Crippen molar-refractivity contribution in [3.8, 4) is 0 Å². The van der Waals surface area contributed by atoms with Gasteiger partial charge in [0, 0.05) is 29.3 Å². The van der Waals surface area contributed by atoms with Gasteiger partial charge < -0.3 is 14.2 Å². The minimum Gasteiger partial charge on any atom is -0.465 e. The number of para-hydroxylation sites is 2. The van der Waals surface area contributed by atoms with Gasteiger partial charge in [0.15, 0.2) is 0 Å². The summed E-state index contributed by atoms with van der Waals surface area (Å²) in [6, 6.07) is 17.2. The van der Waals surface area contributed by atoms with Crippen LogP contribution in [-0.2, 0) is 16.1 Å². The number of benzene rings is 2. The summed E-state index contributed by atoms with van der Waals surface area (Å²) in [4.78, 5) is 26.8. The molecule has 3 rings (SSSR count). The average Bonchev–Trinajstić information content (AvgIpc) is 3.04. The van der Waals surface area contributed by atoms with Crippen LogP contribution >= 0.6 is 0 Å². The van der Waals surface area contributed by atoms with Crippen molar-refractivity contribution in [1.29, 1.82) is 0 Å². The standard InChI is InChI=1S/C21H22N2O3/c1-3-13-23(16-9-5-4-6-10-16)20(24)15-22-14-18(21(25)26-2)17-11-7-8-12-19(17)22/h4-12,14H,3,13,15H2,1-2H3. The third-order valence-corrected chi connectivity index (χ3v) is 4.32. The maximum absolute atomic E-state index is 13.0. The number of carbonyl (C=O) groups excluding carboxylic acids is 2. The van der Waals surface area contributed by atoms with Crippen LogP contribution in [0.3, 0.4) is 0 Å². The molecule has 0 bridgehead atoms. The molecule has 0 fully saturated rings. The molecular formula is C21H22N2O3. The lowest BCUT2D eigenvalue weighted by atomic mass is 10.2. The van der Waals surface area contributed by atoms with Crippen molar-refractivity contribution < 1.29 is 14.3 Å². The highest BCUT2D eigenvalue weighted by molar-refractivity contribution is 6.05. The lowest BCUT2D eigenvalue weighted by Gasteiger charge is -2.22. The van der Waals surface area contributed by atoms with Crippen LogP contribution in [0.5, 0.6) is 0 Å². The van der Waals surface area contributed by atoms with E-state index in [2.05, 4.69) is 0 Å². The lowest BCUT2D eigenvalue weighted by Crippen LogP contribution is -2.34. The van der Waals surface area contributed by atoms with Gasteiger partial charge >= 0.3 is 5.97 Å². The third-order valence-electron chi connectivity index (χ3n) is 4.32. The van der Waals surface area contributed by atoms with Crippen molar-refractivity contribution in [3.63, 3.8) is 0 Å². The first-order valence-electron chi connectivity index (χ1n) is 8.67. The molecule has 0 atom stereocenters. The monoisotopic (exact) mass is 350 g/mol. The number of fused-ring (bicyclic) bond motifs is 1. The van der Waals surface area contributed by atoms with E-state index in [4.69, 9.17) is 4.74 Å². The molecule has 0 aliphatic heterocycles. The first-order chi connectivity index (χ1) is 12.7. The van der Waals surface area contributed by atoms with Gasteiger partial charge in [-0.3, -0.25) is 4.79 Å². The molecule has 3 aromatic rings. The lowest BCUT2D eigenvalue weighted by molar-refractivity contribution is -0.119. The van der Waals surface area contributed by atoms with E-state index in [0.717, 1.165) is 23.0 Å². The molecule has 0 N–H and O–H groups in total. The predicted molar refractivity (Wildman–Crippen MR) is 102 cm³/mol. The van der Waals surface area contributed by atoms with Gasteiger partial charge in [0.2, 0.25) is 5.91 Å². The topological polar surface area (TPSA) is 51.5 Å². The molecule has 5 heteroatoms. The number of anilines is 1. The first kappa shape index (κ1) is 17.7. The van der Waals surface area contributed by atoms with E-state index >= 15 is 0 Å². The molecule has 2 aromatic carbocycles. The molecule has 0 saturated heterocycles. The normalized spacial score (nSPS) is 10.7. The Morgan fingerprint density at radius 1 is 1.04 bits per heavy atom. The Hall–Kier alpha value is -3.08. The first-order valence-corrected chi connectivity index (χ1v) is 8.67. The van der Waals surface area contributed by atoms with Gasteiger partial charge in [0.05, 0.1) is 12.7 Å². The van der Waals surface area contributed by atoms with Gasteiger partial charge in [0.1, 0.15) is 6.54 Å². The van der Waals surface area contributed by atoms with Gasteiger partial charge in [0.25, 0.3) is 0 Å². The average molecular weight is 350 g/mol. The van der Waals surface area contributed by atoms with Gasteiger partial charge in [-0.2, -0.15) is 0 Å². The molecule has 0 radical (unpaired) electrons. The zero-order chi connectivity index (χ0) is 18.5. The highest BCUT2D eigenvalue weighted by atomic mass is 16.5. The molecule has 134 valence electrons. The Labute approximate surface area is 152 Å². The Morgan fingerprint density at radius 2 is 1.73 bits per heavy atom. The van der Waals surface area contributed by atoms with Crippen molar-refractivity contribution in [2.45, 2.75) is 19.9 Å². The fraction of sp³-hybridized carbons (Fsp3) is 0.238. The molecule has 0 aliphatic carbocycles. The molecule has 1 aromatic heterocycles. The number of carbonyl (C=O) groups is 2. The minimum absolute atomic E-state index is 0.0183. The number of nitrogens with zero attached hydrogens (tertiary/aromatic N) is 2. The molecule has 26 heavy (non-hydrogen) atoms. The summed E-state index contributed by atoms with van der Waals surface area (Å²) in [7, 11) is 1.36.